The molecule has 62 valence electrons. The molecule has 3 N–H and O–H groups in total. The van der Waals surface area contributed by atoms with Crippen molar-refractivity contribution in [2.45, 2.75) is 5.85 Å². The van der Waals surface area contributed by atoms with Crippen LogP contribution in [0.5, 0.6) is 5.75 Å². The number of anilines is 1. The van der Waals surface area contributed by atoms with Gasteiger partial charge in [-0.05, 0) is 12.1 Å². The molecule has 4 nitrogen and oxygen atoms in total. The maximum atomic E-state index is 10.5. The Kier molecular flexibility index (Phi) is 1.31. The third kappa shape index (κ3) is 0.931. The van der Waals surface area contributed by atoms with Crippen LogP contribution in [-0.4, -0.2) is 12.1 Å². The number of benzene rings is 1. The van der Waals surface area contributed by atoms with Crippen molar-refractivity contribution in [3.8, 4) is 5.75 Å². The van der Waals surface area contributed by atoms with Crippen LogP contribution in [0.3, 0.4) is 0 Å². The van der Waals surface area contributed by atoms with E-state index >= 15 is 0 Å². The highest BCUT2D eigenvalue weighted by molar-refractivity contribution is 5.74. The normalized spacial score (nSPS) is 25.4. The van der Waals surface area contributed by atoms with E-state index in [1.807, 2.05) is 12.1 Å². The predicted octanol–water partition coefficient (Wildman–Crippen LogP) is 0.302. The summed E-state index contributed by atoms with van der Waals surface area (Å²) in [5.41, 5.74) is 6.25. The monoisotopic (exact) mass is 164 g/mol. The average molecular weight is 164 g/mol. The van der Waals surface area contributed by atoms with Gasteiger partial charge in [-0.25, -0.2) is 0 Å². The quantitative estimate of drug-likeness (QED) is 0.586. The summed E-state index contributed by atoms with van der Waals surface area (Å²) in [5, 5.41) is 2.75. The van der Waals surface area contributed by atoms with Crippen LogP contribution >= 0.6 is 0 Å². The van der Waals surface area contributed by atoms with E-state index in [-0.39, 0.29) is 0 Å². The lowest BCUT2D eigenvalue weighted by atomic mass is 10.3. The lowest BCUT2D eigenvalue weighted by Gasteiger charge is -2.15. The van der Waals surface area contributed by atoms with Crippen molar-refractivity contribution in [2.24, 2.45) is 5.73 Å². The van der Waals surface area contributed by atoms with Crippen LogP contribution in [0.25, 0.3) is 0 Å². The maximum absolute atomic E-state index is 10.5. The second-order valence-electron chi connectivity index (χ2n) is 2.63. The van der Waals surface area contributed by atoms with Crippen LogP contribution < -0.4 is 15.8 Å². The first-order valence-corrected chi connectivity index (χ1v) is 3.55. The van der Waals surface area contributed by atoms with Crippen molar-refractivity contribution in [3.05, 3.63) is 24.3 Å². The van der Waals surface area contributed by atoms with Crippen molar-refractivity contribution in [3.63, 3.8) is 0 Å². The fraction of sp³-hybridized carbons (Fsp3) is 0.125. The Bertz CT molecular complexity index is 300. The SMILES string of the molecule is NC1(C=O)Nc2ccccc2O1. The van der Waals surface area contributed by atoms with E-state index in [4.69, 9.17) is 10.5 Å². The molecule has 0 aromatic heterocycles. The zero-order chi connectivity index (χ0) is 8.60. The molecular formula is C8H8N2O2. The number of aldehydes is 1. The number of carbonyl (C=O) groups excluding carboxylic acids is 1. The van der Waals surface area contributed by atoms with E-state index in [9.17, 15) is 4.79 Å². The van der Waals surface area contributed by atoms with Gasteiger partial charge in [-0.1, -0.05) is 12.1 Å². The molecule has 1 heterocycles. The third-order valence-electron chi connectivity index (χ3n) is 1.67. The van der Waals surface area contributed by atoms with Gasteiger partial charge in [0.2, 0.25) is 6.29 Å². The van der Waals surface area contributed by atoms with Crippen molar-refractivity contribution in [2.75, 3.05) is 5.32 Å². The Balaban J connectivity index is 2.39. The molecule has 1 atom stereocenters. The minimum Gasteiger partial charge on any atom is -0.446 e. The minimum atomic E-state index is -1.39. The Morgan fingerprint density at radius 2 is 2.25 bits per heavy atom. The molecule has 4 heteroatoms. The summed E-state index contributed by atoms with van der Waals surface area (Å²) < 4.78 is 5.14. The molecule has 0 fully saturated rings. The van der Waals surface area contributed by atoms with Crippen LogP contribution in [0.2, 0.25) is 0 Å². The lowest BCUT2D eigenvalue weighted by Crippen LogP contribution is -2.51. The van der Waals surface area contributed by atoms with Gasteiger partial charge in [0.25, 0.3) is 5.85 Å². The molecule has 2 rings (SSSR count). The summed E-state index contributed by atoms with van der Waals surface area (Å²) >= 11 is 0. The van der Waals surface area contributed by atoms with E-state index in [0.29, 0.717) is 12.0 Å². The molecule has 12 heavy (non-hydrogen) atoms. The summed E-state index contributed by atoms with van der Waals surface area (Å²) in [5.74, 6) is -0.781. The summed E-state index contributed by atoms with van der Waals surface area (Å²) in [6.07, 6.45) is 0.535. The van der Waals surface area contributed by atoms with E-state index in [1.165, 1.54) is 0 Å². The summed E-state index contributed by atoms with van der Waals surface area (Å²) in [6, 6.07) is 7.21. The molecule has 1 aromatic rings. The Morgan fingerprint density at radius 1 is 1.50 bits per heavy atom. The molecule has 1 unspecified atom stereocenters. The largest absolute Gasteiger partial charge is 0.446 e. The van der Waals surface area contributed by atoms with Gasteiger partial charge in [0.15, 0.2) is 0 Å². The molecule has 0 spiro atoms. The van der Waals surface area contributed by atoms with Crippen molar-refractivity contribution in [1.82, 2.24) is 0 Å². The number of ether oxygens (including phenoxy) is 1. The maximum Gasteiger partial charge on any atom is 0.294 e. The second kappa shape index (κ2) is 2.22. The van der Waals surface area contributed by atoms with Crippen LogP contribution in [0.15, 0.2) is 24.3 Å². The highest BCUT2D eigenvalue weighted by Crippen LogP contribution is 2.32. The van der Waals surface area contributed by atoms with Gasteiger partial charge in [0, 0.05) is 0 Å². The van der Waals surface area contributed by atoms with Crippen molar-refractivity contribution in [1.29, 1.82) is 0 Å². The predicted molar refractivity (Wildman–Crippen MR) is 43.7 cm³/mol. The summed E-state index contributed by atoms with van der Waals surface area (Å²) in [6.45, 7) is 0. The standard InChI is InChI=1S/C8H8N2O2/c9-8(5-11)10-6-3-1-2-4-7(6)12-8/h1-5,10H,9H2. The van der Waals surface area contributed by atoms with E-state index in [1.54, 1.807) is 12.1 Å². The minimum absolute atomic E-state index is 0.535. The second-order valence-corrected chi connectivity index (χ2v) is 2.63. The van der Waals surface area contributed by atoms with Gasteiger partial charge >= 0.3 is 0 Å². The zero-order valence-corrected chi connectivity index (χ0v) is 6.28. The fourth-order valence-corrected chi connectivity index (χ4v) is 1.13. The van der Waals surface area contributed by atoms with Gasteiger partial charge in [0.1, 0.15) is 5.75 Å². The number of hydrogen-bond acceptors (Lipinski definition) is 4. The zero-order valence-electron chi connectivity index (χ0n) is 6.28. The third-order valence-corrected chi connectivity index (χ3v) is 1.67. The fourth-order valence-electron chi connectivity index (χ4n) is 1.13. The average Bonchev–Trinajstić information content (AvgIpc) is 2.42. The number of hydrogen-bond donors (Lipinski definition) is 2. The highest BCUT2D eigenvalue weighted by atomic mass is 16.5. The molecular weight excluding hydrogens is 156 g/mol. The summed E-state index contributed by atoms with van der Waals surface area (Å²) in [4.78, 5) is 10.5. The molecule has 0 radical (unpaired) electrons. The number of carbonyl (C=O) groups is 1. The molecule has 1 aromatic carbocycles. The highest BCUT2D eigenvalue weighted by Gasteiger charge is 2.33. The molecule has 0 bridgehead atoms. The number of rotatable bonds is 1. The van der Waals surface area contributed by atoms with Gasteiger partial charge in [-0.3, -0.25) is 10.5 Å². The van der Waals surface area contributed by atoms with Crippen LogP contribution in [-0.2, 0) is 4.79 Å². The first-order chi connectivity index (χ1) is 5.73. The molecule has 1 aliphatic rings. The lowest BCUT2D eigenvalue weighted by molar-refractivity contribution is -0.118. The van der Waals surface area contributed by atoms with E-state index < -0.39 is 5.85 Å². The van der Waals surface area contributed by atoms with Crippen LogP contribution in [0, 0.1) is 0 Å². The van der Waals surface area contributed by atoms with Gasteiger partial charge in [-0.15, -0.1) is 0 Å². The number of para-hydroxylation sites is 2. The van der Waals surface area contributed by atoms with Gasteiger partial charge < -0.3 is 10.1 Å². The molecule has 0 aliphatic carbocycles. The molecule has 0 saturated carbocycles. The first-order valence-electron chi connectivity index (χ1n) is 3.55. The molecule has 1 aliphatic heterocycles. The van der Waals surface area contributed by atoms with E-state index in [0.717, 1.165) is 5.69 Å². The summed E-state index contributed by atoms with van der Waals surface area (Å²) in [7, 11) is 0. The topological polar surface area (TPSA) is 64.4 Å². The van der Waals surface area contributed by atoms with Crippen molar-refractivity contribution < 1.29 is 9.53 Å². The van der Waals surface area contributed by atoms with Crippen molar-refractivity contribution >= 4 is 12.0 Å². The van der Waals surface area contributed by atoms with Gasteiger partial charge in [0.05, 0.1) is 5.69 Å². The smallest absolute Gasteiger partial charge is 0.294 e. The Labute approximate surface area is 69.3 Å². The Hall–Kier alpha value is -1.55. The molecule has 0 saturated heterocycles. The molecule has 0 amide bonds. The van der Waals surface area contributed by atoms with Crippen LogP contribution in [0.4, 0.5) is 5.69 Å². The number of nitrogens with two attached hydrogens (primary N) is 1. The Morgan fingerprint density at radius 3 is 2.92 bits per heavy atom. The number of nitrogens with one attached hydrogen (secondary N) is 1. The van der Waals surface area contributed by atoms with Crippen LogP contribution in [0.1, 0.15) is 0 Å². The van der Waals surface area contributed by atoms with Gasteiger partial charge in [-0.2, -0.15) is 0 Å². The first kappa shape index (κ1) is 7.12. The van der Waals surface area contributed by atoms with E-state index in [2.05, 4.69) is 5.32 Å². The number of fused-ring (bicyclic) bond motifs is 1.